The Kier molecular flexibility index (Phi) is 3.82. The molecule has 0 amide bonds. The number of aryl methyl sites for hydroxylation is 1. The normalized spacial score (nSPS) is 10.3. The van der Waals surface area contributed by atoms with Crippen LogP contribution in [0.25, 0.3) is 0 Å². The summed E-state index contributed by atoms with van der Waals surface area (Å²) in [6.45, 7) is 2.07. The number of hydrogen-bond acceptors (Lipinski definition) is 2. The Labute approximate surface area is 105 Å². The first-order chi connectivity index (χ1) is 8.70. The molecule has 2 aromatic rings. The van der Waals surface area contributed by atoms with E-state index in [9.17, 15) is 9.18 Å². The zero-order valence-electron chi connectivity index (χ0n) is 10.2. The number of carbonyl (C=O) groups excluding carboxylic acids is 1. The van der Waals surface area contributed by atoms with E-state index < -0.39 is 5.82 Å². The molecule has 0 bridgehead atoms. The highest BCUT2D eigenvalue weighted by Crippen LogP contribution is 2.10. The lowest BCUT2D eigenvalue weighted by atomic mass is 10.0. The van der Waals surface area contributed by atoms with Gasteiger partial charge in [0.2, 0.25) is 0 Å². The van der Waals surface area contributed by atoms with Crippen LogP contribution in [0.3, 0.4) is 0 Å². The maximum atomic E-state index is 13.4. The van der Waals surface area contributed by atoms with Gasteiger partial charge in [0.25, 0.3) is 0 Å². The van der Waals surface area contributed by atoms with Gasteiger partial charge in [-0.05, 0) is 29.7 Å². The van der Waals surface area contributed by atoms with Gasteiger partial charge in [0.05, 0.1) is 0 Å². The predicted molar refractivity (Wildman–Crippen MR) is 68.0 cm³/mol. The molecule has 0 fully saturated rings. The number of ketones is 1. The molecule has 18 heavy (non-hydrogen) atoms. The van der Waals surface area contributed by atoms with Crippen LogP contribution in [0.4, 0.5) is 4.39 Å². The minimum absolute atomic E-state index is 0.0860. The molecule has 0 spiro atoms. The Hall–Kier alpha value is -2.03. The first-order valence-corrected chi connectivity index (χ1v) is 5.92. The van der Waals surface area contributed by atoms with Crippen molar-refractivity contribution in [2.45, 2.75) is 19.8 Å². The molecule has 2 nitrogen and oxygen atoms in total. The largest absolute Gasteiger partial charge is 0.292 e. The average Bonchev–Trinajstić information content (AvgIpc) is 2.40. The van der Waals surface area contributed by atoms with Gasteiger partial charge < -0.3 is 0 Å². The molecule has 0 atom stereocenters. The van der Waals surface area contributed by atoms with E-state index in [2.05, 4.69) is 11.9 Å². The fraction of sp³-hybridized carbons (Fsp3) is 0.200. The quantitative estimate of drug-likeness (QED) is 0.772. The number of halogens is 1. The van der Waals surface area contributed by atoms with Crippen molar-refractivity contribution in [3.8, 4) is 0 Å². The number of nitrogens with zero attached hydrogens (tertiary/aromatic N) is 1. The van der Waals surface area contributed by atoms with Crippen molar-refractivity contribution >= 4 is 5.78 Å². The molecule has 0 saturated carbocycles. The molecular formula is C15H14FNO. The van der Waals surface area contributed by atoms with Crippen LogP contribution in [-0.2, 0) is 12.8 Å². The van der Waals surface area contributed by atoms with E-state index in [4.69, 9.17) is 0 Å². The second kappa shape index (κ2) is 5.54. The van der Waals surface area contributed by atoms with Crippen LogP contribution in [0.1, 0.15) is 28.5 Å². The predicted octanol–water partition coefficient (Wildman–Crippen LogP) is 3.21. The van der Waals surface area contributed by atoms with E-state index in [1.807, 2.05) is 24.3 Å². The van der Waals surface area contributed by atoms with Crippen LogP contribution in [0.5, 0.6) is 0 Å². The minimum Gasteiger partial charge on any atom is -0.292 e. The van der Waals surface area contributed by atoms with Gasteiger partial charge >= 0.3 is 0 Å². The lowest BCUT2D eigenvalue weighted by Crippen LogP contribution is -2.08. The fourth-order valence-corrected chi connectivity index (χ4v) is 1.75. The average molecular weight is 243 g/mol. The maximum absolute atomic E-state index is 13.4. The van der Waals surface area contributed by atoms with Gasteiger partial charge in [-0.1, -0.05) is 31.2 Å². The molecule has 0 saturated heterocycles. The number of rotatable bonds is 4. The third-order valence-electron chi connectivity index (χ3n) is 2.82. The molecule has 0 unspecified atom stereocenters. The number of carbonyl (C=O) groups is 1. The summed E-state index contributed by atoms with van der Waals surface area (Å²) in [6.07, 6.45) is 2.57. The summed E-state index contributed by atoms with van der Waals surface area (Å²) < 4.78 is 13.4. The van der Waals surface area contributed by atoms with Gasteiger partial charge in [0, 0.05) is 12.6 Å². The van der Waals surface area contributed by atoms with Gasteiger partial charge in [0.15, 0.2) is 11.6 Å². The monoisotopic (exact) mass is 243 g/mol. The molecule has 1 heterocycles. The number of benzene rings is 1. The van der Waals surface area contributed by atoms with Crippen LogP contribution >= 0.6 is 0 Å². The van der Waals surface area contributed by atoms with Crippen molar-refractivity contribution in [2.75, 3.05) is 0 Å². The molecule has 2 rings (SSSR count). The topological polar surface area (TPSA) is 30.0 Å². The number of pyridine rings is 1. The van der Waals surface area contributed by atoms with Crippen molar-refractivity contribution < 1.29 is 9.18 Å². The standard InChI is InChI=1S/C15H14FNO/c1-2-11-5-7-12(8-6-11)10-14(18)15-13(16)4-3-9-17-15/h3-9H,2,10H2,1H3. The third kappa shape index (κ3) is 2.80. The number of Topliss-reactive ketones (excluding diaryl/α,β-unsaturated/α-hetero) is 1. The van der Waals surface area contributed by atoms with Crippen LogP contribution in [0.2, 0.25) is 0 Å². The molecule has 3 heteroatoms. The van der Waals surface area contributed by atoms with Crippen molar-refractivity contribution in [2.24, 2.45) is 0 Å². The molecule has 1 aromatic heterocycles. The van der Waals surface area contributed by atoms with Gasteiger partial charge in [0.1, 0.15) is 5.69 Å². The Bertz CT molecular complexity index is 549. The van der Waals surface area contributed by atoms with Gasteiger partial charge in [-0.25, -0.2) is 4.39 Å². The zero-order chi connectivity index (χ0) is 13.0. The SMILES string of the molecule is CCc1ccc(CC(=O)c2ncccc2F)cc1. The number of hydrogen-bond donors (Lipinski definition) is 0. The van der Waals surface area contributed by atoms with Crippen LogP contribution in [-0.4, -0.2) is 10.8 Å². The Balaban J connectivity index is 2.14. The van der Waals surface area contributed by atoms with Crippen molar-refractivity contribution in [3.63, 3.8) is 0 Å². The molecular weight excluding hydrogens is 229 g/mol. The first-order valence-electron chi connectivity index (χ1n) is 5.92. The summed E-state index contributed by atoms with van der Waals surface area (Å²) in [4.78, 5) is 15.7. The molecule has 92 valence electrons. The van der Waals surface area contributed by atoms with Crippen LogP contribution < -0.4 is 0 Å². The summed E-state index contributed by atoms with van der Waals surface area (Å²) in [5.74, 6) is -0.856. The highest BCUT2D eigenvalue weighted by atomic mass is 19.1. The number of aromatic nitrogens is 1. The van der Waals surface area contributed by atoms with E-state index >= 15 is 0 Å². The van der Waals surface area contributed by atoms with E-state index in [1.54, 1.807) is 0 Å². The molecule has 1 aromatic carbocycles. The lowest BCUT2D eigenvalue weighted by Gasteiger charge is -2.03. The molecule has 0 aliphatic carbocycles. The second-order valence-corrected chi connectivity index (χ2v) is 4.10. The van der Waals surface area contributed by atoms with Crippen LogP contribution in [0.15, 0.2) is 42.6 Å². The van der Waals surface area contributed by atoms with Gasteiger partial charge in [-0.2, -0.15) is 0 Å². The molecule has 0 aliphatic heterocycles. The fourth-order valence-electron chi connectivity index (χ4n) is 1.75. The first kappa shape index (κ1) is 12.4. The summed E-state index contributed by atoms with van der Waals surface area (Å²) in [5, 5.41) is 0. The van der Waals surface area contributed by atoms with E-state index in [1.165, 1.54) is 23.9 Å². The lowest BCUT2D eigenvalue weighted by molar-refractivity contribution is 0.0984. The Morgan fingerprint density at radius 1 is 1.17 bits per heavy atom. The van der Waals surface area contributed by atoms with Gasteiger partial charge in [-0.3, -0.25) is 9.78 Å². The smallest absolute Gasteiger partial charge is 0.188 e. The summed E-state index contributed by atoms with van der Waals surface area (Å²) in [6, 6.07) is 10.5. The minimum atomic E-state index is -0.562. The van der Waals surface area contributed by atoms with E-state index in [0.717, 1.165) is 12.0 Å². The Morgan fingerprint density at radius 3 is 2.44 bits per heavy atom. The zero-order valence-corrected chi connectivity index (χ0v) is 10.2. The summed E-state index contributed by atoms with van der Waals surface area (Å²) in [7, 11) is 0. The molecule has 0 aliphatic rings. The third-order valence-corrected chi connectivity index (χ3v) is 2.82. The van der Waals surface area contributed by atoms with Gasteiger partial charge in [-0.15, -0.1) is 0 Å². The van der Waals surface area contributed by atoms with E-state index in [-0.39, 0.29) is 17.9 Å². The molecule has 0 N–H and O–H groups in total. The second-order valence-electron chi connectivity index (χ2n) is 4.10. The van der Waals surface area contributed by atoms with Crippen molar-refractivity contribution in [1.82, 2.24) is 4.98 Å². The summed E-state index contributed by atoms with van der Waals surface area (Å²) >= 11 is 0. The van der Waals surface area contributed by atoms with Crippen LogP contribution in [0, 0.1) is 5.82 Å². The maximum Gasteiger partial charge on any atom is 0.188 e. The highest BCUT2D eigenvalue weighted by Gasteiger charge is 2.13. The molecule has 0 radical (unpaired) electrons. The highest BCUT2D eigenvalue weighted by molar-refractivity contribution is 5.95. The van der Waals surface area contributed by atoms with Crippen molar-refractivity contribution in [3.05, 3.63) is 65.2 Å². The van der Waals surface area contributed by atoms with Crippen molar-refractivity contribution in [1.29, 1.82) is 0 Å². The van der Waals surface area contributed by atoms with E-state index in [0.29, 0.717) is 0 Å². The summed E-state index contributed by atoms with van der Waals surface area (Å²) in [5.41, 5.74) is 2.01. The Morgan fingerprint density at radius 2 is 1.83 bits per heavy atom.